The van der Waals surface area contributed by atoms with Crippen molar-refractivity contribution in [1.29, 1.82) is 0 Å². The van der Waals surface area contributed by atoms with Crippen LogP contribution in [0.1, 0.15) is 10.4 Å². The molecule has 0 aromatic heterocycles. The SMILES string of the molecule is O=C(CNc1ccccc1)c1cc(O)c(O)c([N+](=O)[O-])c1. The van der Waals surface area contributed by atoms with E-state index in [1.54, 1.807) is 24.3 Å². The van der Waals surface area contributed by atoms with Gasteiger partial charge in [-0.3, -0.25) is 14.9 Å². The molecular formula is C14H12N2O5. The zero-order valence-electron chi connectivity index (χ0n) is 10.8. The number of aromatic hydroxyl groups is 2. The van der Waals surface area contributed by atoms with E-state index in [0.29, 0.717) is 0 Å². The van der Waals surface area contributed by atoms with Crippen molar-refractivity contribution in [3.8, 4) is 11.5 Å². The molecule has 108 valence electrons. The number of para-hydroxylation sites is 1. The van der Waals surface area contributed by atoms with Gasteiger partial charge in [0.1, 0.15) is 0 Å². The van der Waals surface area contributed by atoms with Gasteiger partial charge in [-0.2, -0.15) is 0 Å². The predicted octanol–water partition coefficient (Wildman–Crippen LogP) is 2.30. The summed E-state index contributed by atoms with van der Waals surface area (Å²) in [4.78, 5) is 21.8. The van der Waals surface area contributed by atoms with Gasteiger partial charge in [0.05, 0.1) is 11.5 Å². The highest BCUT2D eigenvalue weighted by molar-refractivity contribution is 6.00. The van der Waals surface area contributed by atoms with Gasteiger partial charge in [-0.1, -0.05) is 18.2 Å². The Morgan fingerprint density at radius 3 is 2.48 bits per heavy atom. The summed E-state index contributed by atoms with van der Waals surface area (Å²) in [5, 5.41) is 32.4. The fraction of sp³-hybridized carbons (Fsp3) is 0.0714. The first-order valence-corrected chi connectivity index (χ1v) is 6.01. The highest BCUT2D eigenvalue weighted by atomic mass is 16.6. The van der Waals surface area contributed by atoms with Crippen LogP contribution < -0.4 is 5.32 Å². The summed E-state index contributed by atoms with van der Waals surface area (Å²) in [6, 6.07) is 10.9. The van der Waals surface area contributed by atoms with Gasteiger partial charge in [-0.15, -0.1) is 0 Å². The summed E-state index contributed by atoms with van der Waals surface area (Å²) in [7, 11) is 0. The van der Waals surface area contributed by atoms with E-state index in [9.17, 15) is 25.1 Å². The number of Topliss-reactive ketones (excluding diaryl/α,β-unsaturated/α-hetero) is 1. The Hall–Kier alpha value is -3.09. The van der Waals surface area contributed by atoms with Crippen LogP contribution >= 0.6 is 0 Å². The van der Waals surface area contributed by atoms with Crippen molar-refractivity contribution in [3.05, 3.63) is 58.1 Å². The Morgan fingerprint density at radius 1 is 1.19 bits per heavy atom. The molecule has 0 aliphatic heterocycles. The molecule has 0 aliphatic carbocycles. The molecule has 2 aromatic rings. The Morgan fingerprint density at radius 2 is 1.86 bits per heavy atom. The van der Waals surface area contributed by atoms with E-state index in [-0.39, 0.29) is 12.1 Å². The van der Waals surface area contributed by atoms with Crippen LogP contribution in [0.25, 0.3) is 0 Å². The lowest BCUT2D eigenvalue weighted by molar-refractivity contribution is -0.386. The second kappa shape index (κ2) is 5.91. The zero-order chi connectivity index (χ0) is 15.4. The lowest BCUT2D eigenvalue weighted by Gasteiger charge is -2.07. The molecule has 0 fully saturated rings. The number of ketones is 1. The molecule has 0 spiro atoms. The fourth-order valence-electron chi connectivity index (χ4n) is 1.74. The number of hydrogen-bond donors (Lipinski definition) is 3. The number of phenolic OH excluding ortho intramolecular Hbond substituents is 2. The third-order valence-electron chi connectivity index (χ3n) is 2.82. The molecule has 0 heterocycles. The number of nitro benzene ring substituents is 1. The molecule has 0 saturated heterocycles. The van der Waals surface area contributed by atoms with Gasteiger partial charge in [0.15, 0.2) is 11.5 Å². The Labute approximate surface area is 119 Å². The summed E-state index contributed by atoms with van der Waals surface area (Å²) in [6.45, 7) is -0.0919. The number of nitro groups is 1. The summed E-state index contributed by atoms with van der Waals surface area (Å²) in [5.41, 5.74) is -0.0400. The second-order valence-electron chi connectivity index (χ2n) is 4.26. The largest absolute Gasteiger partial charge is 0.504 e. The number of benzene rings is 2. The number of rotatable bonds is 5. The van der Waals surface area contributed by atoms with Crippen LogP contribution in [0.15, 0.2) is 42.5 Å². The normalized spacial score (nSPS) is 10.1. The molecule has 0 aliphatic rings. The van der Waals surface area contributed by atoms with Gasteiger partial charge in [0.2, 0.25) is 5.75 Å². The van der Waals surface area contributed by atoms with Crippen LogP contribution in [-0.2, 0) is 0 Å². The number of anilines is 1. The van der Waals surface area contributed by atoms with Gasteiger partial charge >= 0.3 is 5.69 Å². The van der Waals surface area contributed by atoms with Crippen molar-refractivity contribution in [2.75, 3.05) is 11.9 Å². The van der Waals surface area contributed by atoms with Crippen LogP contribution in [-0.4, -0.2) is 27.5 Å². The van der Waals surface area contributed by atoms with E-state index in [2.05, 4.69) is 5.32 Å². The van der Waals surface area contributed by atoms with E-state index < -0.39 is 27.9 Å². The van der Waals surface area contributed by atoms with E-state index in [0.717, 1.165) is 17.8 Å². The molecule has 0 amide bonds. The van der Waals surface area contributed by atoms with Crippen molar-refractivity contribution in [3.63, 3.8) is 0 Å². The molecule has 0 bridgehead atoms. The van der Waals surface area contributed by atoms with Gasteiger partial charge in [0, 0.05) is 17.3 Å². The maximum Gasteiger partial charge on any atom is 0.315 e. The lowest BCUT2D eigenvalue weighted by atomic mass is 10.1. The summed E-state index contributed by atoms with van der Waals surface area (Å²) in [6.07, 6.45) is 0. The van der Waals surface area contributed by atoms with E-state index in [4.69, 9.17) is 0 Å². The number of phenols is 2. The third kappa shape index (κ3) is 3.27. The number of hydrogen-bond acceptors (Lipinski definition) is 6. The molecule has 2 aromatic carbocycles. The molecule has 7 nitrogen and oxygen atoms in total. The van der Waals surface area contributed by atoms with Crippen LogP contribution in [0, 0.1) is 10.1 Å². The standard InChI is InChI=1S/C14H12N2O5/c17-12-7-9(6-11(14(12)19)16(20)21)13(18)8-15-10-4-2-1-3-5-10/h1-7,15,17,19H,8H2. The minimum atomic E-state index is -0.865. The van der Waals surface area contributed by atoms with Crippen molar-refractivity contribution in [1.82, 2.24) is 0 Å². The number of carbonyl (C=O) groups is 1. The quantitative estimate of drug-likeness (QED) is 0.337. The first kappa shape index (κ1) is 14.3. The smallest absolute Gasteiger partial charge is 0.315 e. The van der Waals surface area contributed by atoms with Gasteiger partial charge < -0.3 is 15.5 Å². The molecular weight excluding hydrogens is 276 g/mol. The highest BCUT2D eigenvalue weighted by Crippen LogP contribution is 2.36. The maximum absolute atomic E-state index is 12.0. The van der Waals surface area contributed by atoms with Crippen molar-refractivity contribution < 1.29 is 19.9 Å². The Balaban J connectivity index is 2.18. The maximum atomic E-state index is 12.0. The van der Waals surface area contributed by atoms with Crippen LogP contribution in [0.2, 0.25) is 0 Å². The molecule has 0 saturated carbocycles. The molecule has 7 heteroatoms. The number of carbonyl (C=O) groups excluding carboxylic acids is 1. The predicted molar refractivity (Wildman–Crippen MR) is 75.7 cm³/mol. The summed E-state index contributed by atoms with van der Waals surface area (Å²) in [5.74, 6) is -2.00. The zero-order valence-corrected chi connectivity index (χ0v) is 10.8. The van der Waals surface area contributed by atoms with Gasteiger partial charge in [-0.25, -0.2) is 0 Å². The fourth-order valence-corrected chi connectivity index (χ4v) is 1.74. The first-order valence-electron chi connectivity index (χ1n) is 6.01. The lowest BCUT2D eigenvalue weighted by Crippen LogP contribution is -2.14. The Bertz CT molecular complexity index is 685. The van der Waals surface area contributed by atoms with Crippen LogP contribution in [0.5, 0.6) is 11.5 Å². The van der Waals surface area contributed by atoms with Gasteiger partial charge in [0.25, 0.3) is 0 Å². The van der Waals surface area contributed by atoms with Crippen LogP contribution in [0.3, 0.4) is 0 Å². The third-order valence-corrected chi connectivity index (χ3v) is 2.82. The van der Waals surface area contributed by atoms with Crippen molar-refractivity contribution >= 4 is 17.2 Å². The molecule has 0 atom stereocenters. The van der Waals surface area contributed by atoms with Crippen LogP contribution in [0.4, 0.5) is 11.4 Å². The average molecular weight is 288 g/mol. The van der Waals surface area contributed by atoms with Crippen molar-refractivity contribution in [2.45, 2.75) is 0 Å². The minimum Gasteiger partial charge on any atom is -0.504 e. The van der Waals surface area contributed by atoms with Gasteiger partial charge in [-0.05, 0) is 18.2 Å². The highest BCUT2D eigenvalue weighted by Gasteiger charge is 2.21. The topological polar surface area (TPSA) is 113 Å². The number of nitrogens with one attached hydrogen (secondary N) is 1. The van der Waals surface area contributed by atoms with E-state index in [1.807, 2.05) is 6.07 Å². The summed E-state index contributed by atoms with van der Waals surface area (Å²) < 4.78 is 0. The van der Waals surface area contributed by atoms with E-state index >= 15 is 0 Å². The molecule has 0 unspecified atom stereocenters. The molecule has 0 radical (unpaired) electrons. The molecule has 3 N–H and O–H groups in total. The Kier molecular flexibility index (Phi) is 4.03. The number of nitrogens with zero attached hydrogens (tertiary/aromatic N) is 1. The second-order valence-corrected chi connectivity index (χ2v) is 4.26. The summed E-state index contributed by atoms with van der Waals surface area (Å²) >= 11 is 0. The minimum absolute atomic E-state index is 0.0552. The molecule has 2 rings (SSSR count). The molecule has 21 heavy (non-hydrogen) atoms. The van der Waals surface area contributed by atoms with Crippen molar-refractivity contribution in [2.24, 2.45) is 0 Å². The monoisotopic (exact) mass is 288 g/mol. The van der Waals surface area contributed by atoms with E-state index in [1.165, 1.54) is 0 Å². The first-order chi connectivity index (χ1) is 9.99. The average Bonchev–Trinajstić information content (AvgIpc) is 2.48.